The number of hydrogen-bond donors (Lipinski definition) is 2. The number of thioether (sulfide) groups is 1. The van der Waals surface area contributed by atoms with E-state index in [1.807, 2.05) is 31.2 Å². The van der Waals surface area contributed by atoms with Crippen LogP contribution >= 0.6 is 11.8 Å². The second-order valence-corrected chi connectivity index (χ2v) is 8.08. The number of carboxylic acids is 1. The number of carboxylic acid groups (broad SMARTS) is 1. The van der Waals surface area contributed by atoms with Gasteiger partial charge in [0.1, 0.15) is 6.61 Å². The van der Waals surface area contributed by atoms with Gasteiger partial charge in [-0.25, -0.2) is 4.79 Å². The quantitative estimate of drug-likeness (QED) is 0.669. The summed E-state index contributed by atoms with van der Waals surface area (Å²) in [5.74, 6) is -0.105. The molecule has 0 heterocycles. The number of benzene rings is 2. The monoisotopic (exact) mass is 385 g/mol. The Morgan fingerprint density at radius 3 is 2.30 bits per heavy atom. The zero-order valence-corrected chi connectivity index (χ0v) is 16.0. The molecule has 1 atom stereocenters. The fourth-order valence-electron chi connectivity index (χ4n) is 3.37. The molecule has 27 heavy (non-hydrogen) atoms. The molecule has 3 rings (SSSR count). The lowest BCUT2D eigenvalue weighted by Crippen LogP contribution is -2.28. The van der Waals surface area contributed by atoms with Crippen molar-refractivity contribution in [1.29, 1.82) is 0 Å². The molecule has 0 saturated carbocycles. The molecule has 0 fully saturated rings. The summed E-state index contributed by atoms with van der Waals surface area (Å²) in [5, 5.41) is 11.5. The highest BCUT2D eigenvalue weighted by molar-refractivity contribution is 7.99. The van der Waals surface area contributed by atoms with Crippen LogP contribution in [0.3, 0.4) is 0 Å². The summed E-state index contributed by atoms with van der Waals surface area (Å²) < 4.78 is 5.46. The van der Waals surface area contributed by atoms with Crippen LogP contribution in [0.5, 0.6) is 0 Å². The number of hydrogen-bond acceptors (Lipinski definition) is 4. The lowest BCUT2D eigenvalue weighted by atomic mass is 9.98. The van der Waals surface area contributed by atoms with Gasteiger partial charge in [0.25, 0.3) is 0 Å². The Morgan fingerprint density at radius 1 is 1.11 bits per heavy atom. The standard InChI is InChI=1S/C21H23NO4S/c1-14(12-20(23)24)27-11-10-22-21(25)26-13-19-17-8-4-2-6-15(17)16-7-3-5-9-18(16)19/h2-9,14,19H,10-13H2,1H3,(H,22,25)(H,23,24). The van der Waals surface area contributed by atoms with Crippen LogP contribution in [0.1, 0.15) is 30.4 Å². The summed E-state index contributed by atoms with van der Waals surface area (Å²) in [4.78, 5) is 22.6. The van der Waals surface area contributed by atoms with Crippen LogP contribution in [0.15, 0.2) is 48.5 Å². The maximum Gasteiger partial charge on any atom is 0.407 e. The highest BCUT2D eigenvalue weighted by Crippen LogP contribution is 2.44. The summed E-state index contributed by atoms with van der Waals surface area (Å²) in [6, 6.07) is 16.4. The van der Waals surface area contributed by atoms with Gasteiger partial charge in [0.05, 0.1) is 6.42 Å². The van der Waals surface area contributed by atoms with Crippen molar-refractivity contribution < 1.29 is 19.4 Å². The normalized spacial score (nSPS) is 13.5. The Balaban J connectivity index is 1.49. The molecule has 1 aliphatic carbocycles. The Labute approximate surface area is 163 Å². The molecule has 0 radical (unpaired) electrons. The van der Waals surface area contributed by atoms with Crippen molar-refractivity contribution in [2.75, 3.05) is 18.9 Å². The molecule has 0 aliphatic heterocycles. The first-order valence-electron chi connectivity index (χ1n) is 8.98. The van der Waals surface area contributed by atoms with Crippen molar-refractivity contribution in [1.82, 2.24) is 5.32 Å². The van der Waals surface area contributed by atoms with Crippen molar-refractivity contribution in [3.05, 3.63) is 59.7 Å². The fourth-order valence-corrected chi connectivity index (χ4v) is 4.25. The largest absolute Gasteiger partial charge is 0.481 e. The molecule has 142 valence electrons. The number of amides is 1. The Hall–Kier alpha value is -2.47. The Bertz CT molecular complexity index is 778. The van der Waals surface area contributed by atoms with E-state index in [9.17, 15) is 9.59 Å². The lowest BCUT2D eigenvalue weighted by molar-refractivity contribution is -0.136. The zero-order valence-electron chi connectivity index (χ0n) is 15.2. The second-order valence-electron chi connectivity index (χ2n) is 6.53. The Morgan fingerprint density at radius 2 is 1.70 bits per heavy atom. The van der Waals surface area contributed by atoms with E-state index in [1.165, 1.54) is 34.0 Å². The van der Waals surface area contributed by atoms with Gasteiger partial charge in [-0.15, -0.1) is 0 Å². The van der Waals surface area contributed by atoms with Crippen molar-refractivity contribution >= 4 is 23.8 Å². The van der Waals surface area contributed by atoms with E-state index >= 15 is 0 Å². The number of nitrogens with one attached hydrogen (secondary N) is 1. The number of carbonyl (C=O) groups excluding carboxylic acids is 1. The Kier molecular flexibility index (Phi) is 6.40. The summed E-state index contributed by atoms with van der Waals surface area (Å²) in [7, 11) is 0. The van der Waals surface area contributed by atoms with Crippen LogP contribution in [0, 0.1) is 0 Å². The minimum absolute atomic E-state index is 0.0202. The minimum Gasteiger partial charge on any atom is -0.481 e. The summed E-state index contributed by atoms with van der Waals surface area (Å²) in [5.41, 5.74) is 4.77. The van der Waals surface area contributed by atoms with Gasteiger partial charge in [0, 0.05) is 23.5 Å². The highest BCUT2D eigenvalue weighted by atomic mass is 32.2. The third-order valence-electron chi connectivity index (χ3n) is 4.58. The summed E-state index contributed by atoms with van der Waals surface area (Å²) in [6.07, 6.45) is -0.321. The van der Waals surface area contributed by atoms with Gasteiger partial charge in [0.2, 0.25) is 0 Å². The van der Waals surface area contributed by atoms with Crippen LogP contribution in [-0.4, -0.2) is 41.3 Å². The van der Waals surface area contributed by atoms with Crippen molar-refractivity contribution in [2.45, 2.75) is 24.5 Å². The van der Waals surface area contributed by atoms with Crippen LogP contribution in [-0.2, 0) is 9.53 Å². The zero-order chi connectivity index (χ0) is 19.2. The van der Waals surface area contributed by atoms with Crippen LogP contribution in [0.25, 0.3) is 11.1 Å². The topological polar surface area (TPSA) is 75.6 Å². The second kappa shape index (κ2) is 8.95. The first-order valence-corrected chi connectivity index (χ1v) is 10.0. The smallest absolute Gasteiger partial charge is 0.407 e. The molecule has 2 aromatic carbocycles. The van der Waals surface area contributed by atoms with Crippen LogP contribution < -0.4 is 5.32 Å². The minimum atomic E-state index is -0.806. The molecular weight excluding hydrogens is 362 g/mol. The summed E-state index contributed by atoms with van der Waals surface area (Å²) in [6.45, 7) is 2.61. The molecule has 1 amide bonds. The van der Waals surface area contributed by atoms with Gasteiger partial charge in [0.15, 0.2) is 0 Å². The van der Waals surface area contributed by atoms with Crippen LogP contribution in [0.4, 0.5) is 4.79 Å². The highest BCUT2D eigenvalue weighted by Gasteiger charge is 2.28. The van der Waals surface area contributed by atoms with Gasteiger partial charge >= 0.3 is 12.1 Å². The van der Waals surface area contributed by atoms with Crippen LogP contribution in [0.2, 0.25) is 0 Å². The maximum absolute atomic E-state index is 12.0. The maximum atomic E-state index is 12.0. The van der Waals surface area contributed by atoms with E-state index in [4.69, 9.17) is 9.84 Å². The SMILES string of the molecule is CC(CC(=O)O)SCCNC(=O)OCC1c2ccccc2-c2ccccc21. The molecule has 1 unspecified atom stereocenters. The molecule has 6 heteroatoms. The lowest BCUT2D eigenvalue weighted by Gasteiger charge is -2.15. The molecular formula is C21H23NO4S. The van der Waals surface area contributed by atoms with E-state index in [0.717, 1.165) is 0 Å². The third-order valence-corrected chi connectivity index (χ3v) is 5.76. The number of aliphatic carboxylic acids is 1. The average molecular weight is 385 g/mol. The first kappa shape index (κ1) is 19.3. The van der Waals surface area contributed by atoms with Crippen molar-refractivity contribution in [3.63, 3.8) is 0 Å². The van der Waals surface area contributed by atoms with E-state index in [1.54, 1.807) is 0 Å². The predicted molar refractivity (Wildman–Crippen MR) is 107 cm³/mol. The molecule has 2 N–H and O–H groups in total. The third kappa shape index (κ3) is 4.83. The van der Waals surface area contributed by atoms with Gasteiger partial charge in [-0.2, -0.15) is 11.8 Å². The number of fused-ring (bicyclic) bond motifs is 3. The molecule has 0 bridgehead atoms. The van der Waals surface area contributed by atoms with Gasteiger partial charge in [-0.1, -0.05) is 55.5 Å². The molecule has 1 aliphatic rings. The number of ether oxygens (including phenoxy) is 1. The van der Waals surface area contributed by atoms with Crippen molar-refractivity contribution in [3.8, 4) is 11.1 Å². The number of rotatable bonds is 8. The van der Waals surface area contributed by atoms with Crippen molar-refractivity contribution in [2.24, 2.45) is 0 Å². The van der Waals surface area contributed by atoms with Gasteiger partial charge < -0.3 is 15.2 Å². The number of alkyl carbamates (subject to hydrolysis) is 1. The van der Waals surface area contributed by atoms with Gasteiger partial charge in [-0.3, -0.25) is 4.79 Å². The van der Waals surface area contributed by atoms with E-state index in [-0.39, 0.29) is 17.6 Å². The first-order chi connectivity index (χ1) is 13.1. The van der Waals surface area contributed by atoms with E-state index in [0.29, 0.717) is 18.9 Å². The molecule has 5 nitrogen and oxygen atoms in total. The predicted octanol–water partition coefficient (Wildman–Crippen LogP) is 4.12. The summed E-state index contributed by atoms with van der Waals surface area (Å²) >= 11 is 1.52. The van der Waals surface area contributed by atoms with Gasteiger partial charge in [-0.05, 0) is 22.3 Å². The fraction of sp³-hybridized carbons (Fsp3) is 0.333. The average Bonchev–Trinajstić information content (AvgIpc) is 2.97. The number of carbonyl (C=O) groups is 2. The molecule has 2 aromatic rings. The van der Waals surface area contributed by atoms with E-state index in [2.05, 4.69) is 29.6 Å². The molecule has 0 aromatic heterocycles. The van der Waals surface area contributed by atoms with E-state index < -0.39 is 12.1 Å². The molecule has 0 spiro atoms. The molecule has 0 saturated heterocycles.